The summed E-state index contributed by atoms with van der Waals surface area (Å²) in [6.07, 6.45) is 1.05. The van der Waals surface area contributed by atoms with Crippen LogP contribution >= 0.6 is 0 Å². The minimum Gasteiger partial charge on any atom is -0.482 e. The molecular weight excluding hydrogens is 386 g/mol. The van der Waals surface area contributed by atoms with Crippen LogP contribution in [0.2, 0.25) is 0 Å². The topological polar surface area (TPSA) is 49.8 Å². The van der Waals surface area contributed by atoms with Crippen molar-refractivity contribution in [3.05, 3.63) is 82.9 Å². The summed E-state index contributed by atoms with van der Waals surface area (Å²) >= 11 is 0. The fourth-order valence-electron chi connectivity index (χ4n) is 4.12. The van der Waals surface area contributed by atoms with Crippen molar-refractivity contribution in [1.29, 1.82) is 0 Å². The number of benzene rings is 3. The number of carbonyl (C=O) groups is 1. The number of hydrogen-bond donors (Lipinski definition) is 1. The van der Waals surface area contributed by atoms with Crippen molar-refractivity contribution < 1.29 is 14.6 Å². The summed E-state index contributed by atoms with van der Waals surface area (Å²) in [5.41, 5.74) is 8.46. The molecule has 0 fully saturated rings. The highest BCUT2D eigenvalue weighted by molar-refractivity contribution is 5.76. The molecule has 1 N–H and O–H groups in total. The average molecular weight is 418 g/mol. The predicted molar refractivity (Wildman–Crippen MR) is 127 cm³/mol. The van der Waals surface area contributed by atoms with Crippen LogP contribution in [0.15, 0.2) is 60.7 Å². The lowest BCUT2D eigenvalue weighted by atomic mass is 9.95. The van der Waals surface area contributed by atoms with E-state index in [1.807, 2.05) is 25.1 Å². The van der Waals surface area contributed by atoms with Gasteiger partial charge in [-0.05, 0) is 66.6 Å². The van der Waals surface area contributed by atoms with E-state index in [0.29, 0.717) is 5.75 Å². The van der Waals surface area contributed by atoms with E-state index in [1.165, 1.54) is 33.5 Å². The van der Waals surface area contributed by atoms with Crippen molar-refractivity contribution >= 4 is 11.7 Å². The second-order valence-corrected chi connectivity index (χ2v) is 7.97. The van der Waals surface area contributed by atoms with Gasteiger partial charge in [-0.15, -0.1) is 0 Å². The van der Waals surface area contributed by atoms with E-state index in [0.717, 1.165) is 25.1 Å². The van der Waals surface area contributed by atoms with Crippen molar-refractivity contribution in [2.24, 2.45) is 0 Å². The van der Waals surface area contributed by atoms with E-state index in [4.69, 9.17) is 9.84 Å². The quantitative estimate of drug-likeness (QED) is 0.453. The van der Waals surface area contributed by atoms with Crippen LogP contribution < -0.4 is 9.64 Å². The number of carboxylic acid groups (broad SMARTS) is 1. The highest BCUT2D eigenvalue weighted by Crippen LogP contribution is 2.34. The molecule has 3 aromatic rings. The van der Waals surface area contributed by atoms with E-state index in [9.17, 15) is 4.79 Å². The Hall–Kier alpha value is -3.27. The van der Waals surface area contributed by atoms with Crippen molar-refractivity contribution in [3.63, 3.8) is 0 Å². The molecule has 0 aliphatic rings. The van der Waals surface area contributed by atoms with Crippen LogP contribution in [0.25, 0.3) is 11.1 Å². The van der Waals surface area contributed by atoms with Crippen molar-refractivity contribution in [3.8, 4) is 16.9 Å². The summed E-state index contributed by atoms with van der Waals surface area (Å²) in [4.78, 5) is 13.2. The third-order valence-corrected chi connectivity index (χ3v) is 5.49. The summed E-state index contributed by atoms with van der Waals surface area (Å²) in [6.45, 7) is 9.95. The molecule has 0 aliphatic carbocycles. The van der Waals surface area contributed by atoms with Gasteiger partial charge in [0.05, 0.1) is 0 Å². The third kappa shape index (κ3) is 5.46. The first-order valence-electron chi connectivity index (χ1n) is 10.8. The van der Waals surface area contributed by atoms with E-state index in [-0.39, 0.29) is 6.61 Å². The molecule has 0 amide bonds. The van der Waals surface area contributed by atoms with E-state index >= 15 is 0 Å². The molecule has 4 nitrogen and oxygen atoms in total. The molecule has 162 valence electrons. The average Bonchev–Trinajstić information content (AvgIpc) is 2.74. The molecule has 3 rings (SSSR count). The van der Waals surface area contributed by atoms with Crippen LogP contribution in [0, 0.1) is 20.8 Å². The minimum absolute atomic E-state index is 0.327. The van der Waals surface area contributed by atoms with Gasteiger partial charge in [0.25, 0.3) is 0 Å². The van der Waals surface area contributed by atoms with Crippen LogP contribution in [0.5, 0.6) is 5.75 Å². The second kappa shape index (κ2) is 10.2. The monoisotopic (exact) mass is 417 g/mol. The maximum Gasteiger partial charge on any atom is 0.341 e. The highest BCUT2D eigenvalue weighted by Gasteiger charge is 2.16. The van der Waals surface area contributed by atoms with Gasteiger partial charge in [-0.1, -0.05) is 61.5 Å². The lowest BCUT2D eigenvalue weighted by Gasteiger charge is -2.29. The zero-order chi connectivity index (χ0) is 22.4. The molecule has 0 aliphatic heterocycles. The van der Waals surface area contributed by atoms with Gasteiger partial charge in [0.2, 0.25) is 0 Å². The Morgan fingerprint density at radius 2 is 1.71 bits per heavy atom. The van der Waals surface area contributed by atoms with Gasteiger partial charge >= 0.3 is 5.97 Å². The highest BCUT2D eigenvalue weighted by atomic mass is 16.5. The van der Waals surface area contributed by atoms with Crippen LogP contribution in [0.3, 0.4) is 0 Å². The normalized spacial score (nSPS) is 10.7. The number of aryl methyl sites for hydroxylation is 2. The van der Waals surface area contributed by atoms with Gasteiger partial charge in [-0.2, -0.15) is 0 Å². The van der Waals surface area contributed by atoms with Crippen LogP contribution in [0.1, 0.15) is 35.6 Å². The zero-order valence-corrected chi connectivity index (χ0v) is 18.8. The van der Waals surface area contributed by atoms with Gasteiger partial charge in [-0.25, -0.2) is 4.79 Å². The number of hydrogen-bond acceptors (Lipinski definition) is 3. The molecule has 0 radical (unpaired) electrons. The Labute approximate surface area is 185 Å². The minimum atomic E-state index is -0.971. The maximum atomic E-state index is 10.8. The molecule has 0 saturated heterocycles. The summed E-state index contributed by atoms with van der Waals surface area (Å²) in [6, 6.07) is 20.9. The molecule has 3 aromatic carbocycles. The first kappa shape index (κ1) is 22.4. The van der Waals surface area contributed by atoms with Crippen LogP contribution in [0.4, 0.5) is 5.69 Å². The number of carboxylic acids is 1. The first-order chi connectivity index (χ1) is 14.9. The van der Waals surface area contributed by atoms with Crippen LogP contribution in [-0.4, -0.2) is 24.2 Å². The fraction of sp³-hybridized carbons (Fsp3) is 0.296. The third-order valence-electron chi connectivity index (χ3n) is 5.49. The molecule has 4 heteroatoms. The summed E-state index contributed by atoms with van der Waals surface area (Å²) in [7, 11) is 0. The lowest BCUT2D eigenvalue weighted by Crippen LogP contribution is -2.25. The van der Waals surface area contributed by atoms with Gasteiger partial charge in [-0.3, -0.25) is 0 Å². The van der Waals surface area contributed by atoms with Gasteiger partial charge < -0.3 is 14.7 Å². The van der Waals surface area contributed by atoms with E-state index < -0.39 is 5.97 Å². The number of aliphatic carboxylic acids is 1. The Kier molecular flexibility index (Phi) is 7.35. The Balaban J connectivity index is 1.92. The number of nitrogens with zero attached hydrogens (tertiary/aromatic N) is 1. The van der Waals surface area contributed by atoms with Gasteiger partial charge in [0, 0.05) is 18.8 Å². The number of ether oxygens (including phenoxy) is 1. The molecule has 0 heterocycles. The standard InChI is InChI=1S/C27H31NO3/c1-5-15-28(17-22-12-14-25(20(3)16-22)31-18-26(29)30)27-19(2)11-13-24(21(27)4)23-9-7-6-8-10-23/h6-14,16H,5,15,17-18H2,1-4H3,(H,29,30). The van der Waals surface area contributed by atoms with Gasteiger partial charge in [0.15, 0.2) is 6.61 Å². The SMILES string of the molecule is CCCN(Cc1ccc(OCC(=O)O)c(C)c1)c1c(C)ccc(-c2ccccc2)c1C. The Morgan fingerprint density at radius 3 is 2.35 bits per heavy atom. The fourth-order valence-corrected chi connectivity index (χ4v) is 4.12. The van der Waals surface area contributed by atoms with Crippen molar-refractivity contribution in [1.82, 2.24) is 0 Å². The molecule has 0 bridgehead atoms. The summed E-state index contributed by atoms with van der Waals surface area (Å²) < 4.78 is 5.38. The molecule has 0 unspecified atom stereocenters. The molecule has 31 heavy (non-hydrogen) atoms. The molecular formula is C27H31NO3. The molecule has 0 atom stereocenters. The number of anilines is 1. The summed E-state index contributed by atoms with van der Waals surface area (Å²) in [5, 5.41) is 8.85. The van der Waals surface area contributed by atoms with E-state index in [1.54, 1.807) is 0 Å². The molecule has 0 saturated carbocycles. The Morgan fingerprint density at radius 1 is 0.968 bits per heavy atom. The Bertz CT molecular complexity index is 1040. The predicted octanol–water partition coefficient (Wildman–Crippen LogP) is 6.16. The lowest BCUT2D eigenvalue weighted by molar-refractivity contribution is -0.139. The zero-order valence-electron chi connectivity index (χ0n) is 18.8. The summed E-state index contributed by atoms with van der Waals surface area (Å²) in [5.74, 6) is -0.353. The smallest absolute Gasteiger partial charge is 0.341 e. The first-order valence-corrected chi connectivity index (χ1v) is 10.8. The van der Waals surface area contributed by atoms with Crippen molar-refractivity contribution in [2.45, 2.75) is 40.7 Å². The molecule has 0 spiro atoms. The largest absolute Gasteiger partial charge is 0.482 e. The van der Waals surface area contributed by atoms with E-state index in [2.05, 4.69) is 68.1 Å². The molecule has 0 aromatic heterocycles. The number of rotatable bonds is 9. The maximum absolute atomic E-state index is 10.8. The van der Waals surface area contributed by atoms with Gasteiger partial charge in [0.1, 0.15) is 5.75 Å². The second-order valence-electron chi connectivity index (χ2n) is 7.97. The van der Waals surface area contributed by atoms with Crippen molar-refractivity contribution in [2.75, 3.05) is 18.1 Å². The van der Waals surface area contributed by atoms with Crippen LogP contribution in [-0.2, 0) is 11.3 Å².